The molecule has 0 amide bonds. The lowest BCUT2D eigenvalue weighted by molar-refractivity contribution is 0.0620. The maximum atomic E-state index is 2.65. The van der Waals surface area contributed by atoms with Gasteiger partial charge in [-0.1, -0.05) is 67.6 Å². The van der Waals surface area contributed by atoms with Gasteiger partial charge in [-0.2, -0.15) is 0 Å². The fourth-order valence-electron chi connectivity index (χ4n) is 3.36. The highest BCUT2D eigenvalue weighted by Gasteiger charge is 2.25. The molecule has 0 bridgehead atoms. The zero-order chi connectivity index (χ0) is 15.2. The van der Waals surface area contributed by atoms with E-state index in [1.807, 2.05) is 0 Å². The third-order valence-corrected chi connectivity index (χ3v) is 4.64. The molecule has 1 atom stereocenters. The van der Waals surface area contributed by atoms with Crippen LogP contribution in [0.4, 0.5) is 0 Å². The summed E-state index contributed by atoms with van der Waals surface area (Å²) in [4.78, 5) is 5.25. The molecule has 1 fully saturated rings. The van der Waals surface area contributed by atoms with Gasteiger partial charge < -0.3 is 0 Å². The Kier molecular flexibility index (Phi) is 5.25. The van der Waals surface area contributed by atoms with Crippen LogP contribution < -0.4 is 0 Å². The summed E-state index contributed by atoms with van der Waals surface area (Å²) in [5.74, 6) is 0. The highest BCUT2D eigenvalue weighted by Crippen LogP contribution is 2.18. The van der Waals surface area contributed by atoms with E-state index in [4.69, 9.17) is 0 Å². The van der Waals surface area contributed by atoms with Crippen LogP contribution in [0.1, 0.15) is 24.5 Å². The first kappa shape index (κ1) is 15.3. The minimum atomic E-state index is 0.665. The van der Waals surface area contributed by atoms with E-state index in [0.29, 0.717) is 6.04 Å². The van der Waals surface area contributed by atoms with Gasteiger partial charge in [0.05, 0.1) is 0 Å². The molecule has 3 rings (SSSR count). The maximum Gasteiger partial charge on any atom is 0.0237 e. The van der Waals surface area contributed by atoms with Crippen LogP contribution in [-0.4, -0.2) is 35.5 Å². The van der Waals surface area contributed by atoms with Crippen molar-refractivity contribution in [2.24, 2.45) is 0 Å². The first-order valence-corrected chi connectivity index (χ1v) is 8.39. The van der Waals surface area contributed by atoms with Crippen molar-refractivity contribution < 1.29 is 0 Å². The molecule has 2 nitrogen and oxygen atoms in total. The molecule has 2 heteroatoms. The highest BCUT2D eigenvalue weighted by atomic mass is 15.3. The smallest absolute Gasteiger partial charge is 0.0237 e. The predicted octanol–water partition coefficient (Wildman–Crippen LogP) is 3.78. The Morgan fingerprint density at radius 1 is 0.818 bits per heavy atom. The van der Waals surface area contributed by atoms with E-state index in [1.54, 1.807) is 0 Å². The van der Waals surface area contributed by atoms with Gasteiger partial charge in [0.25, 0.3) is 0 Å². The summed E-state index contributed by atoms with van der Waals surface area (Å²) >= 11 is 0. The molecule has 22 heavy (non-hydrogen) atoms. The lowest BCUT2D eigenvalue weighted by Crippen LogP contribution is -2.51. The van der Waals surface area contributed by atoms with E-state index in [9.17, 15) is 0 Å². The monoisotopic (exact) mass is 294 g/mol. The Morgan fingerprint density at radius 3 is 2.00 bits per heavy atom. The van der Waals surface area contributed by atoms with Crippen LogP contribution >= 0.6 is 0 Å². The van der Waals surface area contributed by atoms with Crippen molar-refractivity contribution in [3.05, 3.63) is 71.8 Å². The Hall–Kier alpha value is -1.64. The molecule has 0 radical (unpaired) electrons. The van der Waals surface area contributed by atoms with Gasteiger partial charge in [-0.05, 0) is 17.5 Å². The molecule has 0 saturated carbocycles. The molecular formula is C20H26N2. The summed E-state index contributed by atoms with van der Waals surface area (Å²) in [6.07, 6.45) is 1.22. The molecule has 0 aromatic heterocycles. The Balaban J connectivity index is 1.59. The normalized spacial score (nSPS) is 20.1. The fourth-order valence-corrected chi connectivity index (χ4v) is 3.36. The van der Waals surface area contributed by atoms with Crippen LogP contribution in [0.3, 0.4) is 0 Å². The van der Waals surface area contributed by atoms with E-state index >= 15 is 0 Å². The van der Waals surface area contributed by atoms with Crippen molar-refractivity contribution in [3.8, 4) is 0 Å². The standard InChI is InChI=1S/C20H26N2/c1-2-20-17-21(15-18-9-5-3-6-10-18)13-14-22(20)16-19-11-7-4-8-12-19/h3-12,20H,2,13-17H2,1H3. The van der Waals surface area contributed by atoms with Crippen molar-refractivity contribution >= 4 is 0 Å². The average molecular weight is 294 g/mol. The fraction of sp³-hybridized carbons (Fsp3) is 0.400. The summed E-state index contributed by atoms with van der Waals surface area (Å²) in [6.45, 7) is 7.99. The molecule has 1 aliphatic heterocycles. The number of hydrogen-bond donors (Lipinski definition) is 0. The molecule has 0 spiro atoms. The predicted molar refractivity (Wildman–Crippen MR) is 92.7 cm³/mol. The van der Waals surface area contributed by atoms with Gasteiger partial charge in [-0.25, -0.2) is 0 Å². The third kappa shape index (κ3) is 3.96. The van der Waals surface area contributed by atoms with Crippen molar-refractivity contribution in [1.82, 2.24) is 9.80 Å². The Morgan fingerprint density at radius 2 is 1.41 bits per heavy atom. The summed E-state index contributed by atoms with van der Waals surface area (Å²) in [6, 6.07) is 22.4. The Bertz CT molecular complexity index is 552. The molecule has 1 saturated heterocycles. The van der Waals surface area contributed by atoms with Gasteiger partial charge in [-0.3, -0.25) is 9.80 Å². The van der Waals surface area contributed by atoms with Crippen LogP contribution in [0.15, 0.2) is 60.7 Å². The van der Waals surface area contributed by atoms with Crippen molar-refractivity contribution in [1.29, 1.82) is 0 Å². The molecule has 2 aromatic rings. The SMILES string of the molecule is CCC1CN(Cc2ccccc2)CCN1Cc1ccccc1. The molecule has 0 aliphatic carbocycles. The van der Waals surface area contributed by atoms with Gasteiger partial charge in [0.1, 0.15) is 0 Å². The van der Waals surface area contributed by atoms with E-state index in [0.717, 1.165) is 19.6 Å². The summed E-state index contributed by atoms with van der Waals surface area (Å²) in [7, 11) is 0. The lowest BCUT2D eigenvalue weighted by atomic mass is 10.1. The number of benzene rings is 2. The highest BCUT2D eigenvalue weighted by molar-refractivity contribution is 5.16. The van der Waals surface area contributed by atoms with Crippen molar-refractivity contribution in [2.45, 2.75) is 32.5 Å². The molecular weight excluding hydrogens is 268 g/mol. The zero-order valence-electron chi connectivity index (χ0n) is 13.5. The van der Waals surface area contributed by atoms with Crippen LogP contribution in [0.2, 0.25) is 0 Å². The van der Waals surface area contributed by atoms with E-state index in [-0.39, 0.29) is 0 Å². The largest absolute Gasteiger partial charge is 0.296 e. The van der Waals surface area contributed by atoms with Gasteiger partial charge in [-0.15, -0.1) is 0 Å². The molecule has 1 aliphatic rings. The second kappa shape index (κ2) is 7.57. The first-order chi connectivity index (χ1) is 10.8. The molecule has 1 unspecified atom stereocenters. The second-order valence-electron chi connectivity index (χ2n) is 6.24. The van der Waals surface area contributed by atoms with Gasteiger partial charge in [0.15, 0.2) is 0 Å². The number of piperazine rings is 1. The Labute approximate surface area is 134 Å². The maximum absolute atomic E-state index is 2.65. The van der Waals surface area contributed by atoms with Crippen molar-refractivity contribution in [2.75, 3.05) is 19.6 Å². The van der Waals surface area contributed by atoms with Gasteiger partial charge >= 0.3 is 0 Å². The molecule has 0 N–H and O–H groups in total. The molecule has 1 heterocycles. The van der Waals surface area contributed by atoms with Crippen LogP contribution in [0.25, 0.3) is 0 Å². The minimum absolute atomic E-state index is 0.665. The first-order valence-electron chi connectivity index (χ1n) is 8.39. The van der Waals surface area contributed by atoms with E-state index in [1.165, 1.54) is 30.6 Å². The second-order valence-corrected chi connectivity index (χ2v) is 6.24. The number of hydrogen-bond acceptors (Lipinski definition) is 2. The van der Waals surface area contributed by atoms with Crippen molar-refractivity contribution in [3.63, 3.8) is 0 Å². The summed E-state index contributed by atoms with van der Waals surface area (Å²) in [5.41, 5.74) is 2.85. The number of nitrogens with zero attached hydrogens (tertiary/aromatic N) is 2. The zero-order valence-corrected chi connectivity index (χ0v) is 13.5. The minimum Gasteiger partial charge on any atom is -0.296 e. The lowest BCUT2D eigenvalue weighted by Gasteiger charge is -2.41. The van der Waals surface area contributed by atoms with Gasteiger partial charge in [0.2, 0.25) is 0 Å². The molecule has 2 aromatic carbocycles. The van der Waals surface area contributed by atoms with E-state index in [2.05, 4.69) is 77.4 Å². The summed E-state index contributed by atoms with van der Waals surface area (Å²) in [5, 5.41) is 0. The van der Waals surface area contributed by atoms with Crippen LogP contribution in [0.5, 0.6) is 0 Å². The van der Waals surface area contributed by atoms with Crippen LogP contribution in [0, 0.1) is 0 Å². The number of rotatable bonds is 5. The topological polar surface area (TPSA) is 6.48 Å². The van der Waals surface area contributed by atoms with Gasteiger partial charge in [0, 0.05) is 38.8 Å². The van der Waals surface area contributed by atoms with Crippen LogP contribution in [-0.2, 0) is 13.1 Å². The molecule has 116 valence electrons. The average Bonchev–Trinajstić information content (AvgIpc) is 2.58. The quantitative estimate of drug-likeness (QED) is 0.828. The third-order valence-electron chi connectivity index (χ3n) is 4.64. The van der Waals surface area contributed by atoms with E-state index < -0.39 is 0 Å². The summed E-state index contributed by atoms with van der Waals surface area (Å²) < 4.78 is 0.